The fraction of sp³-hybridized carbons (Fsp3) is 0. The molecular formula is C2KO6Tb. The first-order chi connectivity index (χ1) is 3.46. The molecule has 0 aromatic carbocycles. The Kier molecular flexibility index (Phi) is 37.9. The van der Waals surface area contributed by atoms with E-state index in [2.05, 4.69) is 0 Å². The van der Waals surface area contributed by atoms with E-state index in [0.717, 1.165) is 0 Å². The van der Waals surface area contributed by atoms with Gasteiger partial charge in [0.05, 0.1) is 0 Å². The van der Waals surface area contributed by atoms with Crippen molar-refractivity contribution in [1.82, 2.24) is 0 Å². The Morgan fingerprint density at radius 3 is 0.800 bits per heavy atom. The van der Waals surface area contributed by atoms with Crippen LogP contribution >= 0.6 is 0 Å². The number of carbonyl (C=O) groups is 2. The normalized spacial score (nSPS) is 4.80. The minimum Gasteiger partial charge on any atom is -0.652 e. The maximum Gasteiger partial charge on any atom is 3.00 e. The molecule has 0 rings (SSSR count). The Morgan fingerprint density at radius 2 is 0.800 bits per heavy atom. The van der Waals surface area contributed by atoms with Crippen LogP contribution in [0.1, 0.15) is 0 Å². The molecule has 0 amide bonds. The van der Waals surface area contributed by atoms with Gasteiger partial charge in [-0.05, 0) is 12.3 Å². The second-order valence-electron chi connectivity index (χ2n) is 0.500. The molecule has 0 N–H and O–H groups in total. The van der Waals surface area contributed by atoms with Crippen LogP contribution in [0.25, 0.3) is 0 Å². The van der Waals surface area contributed by atoms with Gasteiger partial charge in [-0.3, -0.25) is 0 Å². The predicted molar refractivity (Wildman–Crippen MR) is 10.8 cm³/mol. The van der Waals surface area contributed by atoms with E-state index >= 15 is 0 Å². The summed E-state index contributed by atoms with van der Waals surface area (Å²) in [5.41, 5.74) is 0. The van der Waals surface area contributed by atoms with Crippen LogP contribution in [-0.2, 0) is 0 Å². The summed E-state index contributed by atoms with van der Waals surface area (Å²) in [5, 5.41) is 33.3. The fourth-order valence-corrected chi connectivity index (χ4v) is 0. The minimum absolute atomic E-state index is 0. The van der Waals surface area contributed by atoms with E-state index in [1.165, 1.54) is 0 Å². The molecule has 0 atom stereocenters. The van der Waals surface area contributed by atoms with Gasteiger partial charge in [0.25, 0.3) is 0 Å². The molecule has 0 saturated heterocycles. The molecular weight excluding hydrogens is 318 g/mol. The topological polar surface area (TPSA) is 126 Å². The zero-order chi connectivity index (χ0) is 7.15. The van der Waals surface area contributed by atoms with Gasteiger partial charge in [0.15, 0.2) is 0 Å². The van der Waals surface area contributed by atoms with Crippen molar-refractivity contribution in [2.75, 3.05) is 0 Å². The predicted octanol–water partition coefficient (Wildman–Crippen LogP) is -7.89. The van der Waals surface area contributed by atoms with Crippen LogP contribution < -0.4 is 71.8 Å². The third-order valence-corrected chi connectivity index (χ3v) is 0. The molecule has 10 heavy (non-hydrogen) atoms. The molecule has 0 aromatic heterocycles. The molecule has 0 aromatic rings. The van der Waals surface area contributed by atoms with Crippen molar-refractivity contribution in [3.8, 4) is 0 Å². The Balaban J connectivity index is -0.0000000300. The molecule has 0 radical (unpaired) electrons. The molecule has 0 fully saturated rings. The van der Waals surface area contributed by atoms with Crippen molar-refractivity contribution in [2.24, 2.45) is 0 Å². The maximum atomic E-state index is 8.33. The number of carbonyl (C=O) groups excluding carboxylic acids is 2. The Labute approximate surface area is 129 Å². The first kappa shape index (κ1) is 22.5. The quantitative estimate of drug-likeness (QED) is 0.408. The monoisotopic (exact) mass is 318 g/mol. The van der Waals surface area contributed by atoms with Crippen LogP contribution in [0.15, 0.2) is 0 Å². The third-order valence-electron chi connectivity index (χ3n) is 0. The molecule has 6 nitrogen and oxygen atoms in total. The van der Waals surface area contributed by atoms with Crippen LogP contribution in [0, 0.1) is 38.6 Å². The molecule has 0 bridgehead atoms. The molecule has 54 valence electrons. The standard InChI is InChI=1S/2CH2O3.K.Tb/c2*2-1(3)4;;/h2*(H2,2,3,4);;/q;;+1;+3/p-4. The third kappa shape index (κ3) is 317. The van der Waals surface area contributed by atoms with Gasteiger partial charge in [0.2, 0.25) is 0 Å². The second kappa shape index (κ2) is 16.8. The summed E-state index contributed by atoms with van der Waals surface area (Å²) < 4.78 is 0. The van der Waals surface area contributed by atoms with E-state index in [1.54, 1.807) is 0 Å². The smallest absolute Gasteiger partial charge is 0.652 e. The Morgan fingerprint density at radius 1 is 0.800 bits per heavy atom. The van der Waals surface area contributed by atoms with Gasteiger partial charge in [-0.25, -0.2) is 0 Å². The molecule has 0 saturated carbocycles. The molecule has 0 unspecified atom stereocenters. The van der Waals surface area contributed by atoms with E-state index in [9.17, 15) is 0 Å². The summed E-state index contributed by atoms with van der Waals surface area (Å²) in [5.74, 6) is 0. The zero-order valence-electron chi connectivity index (χ0n) is 4.78. The van der Waals surface area contributed by atoms with Crippen LogP contribution in [0.5, 0.6) is 0 Å². The molecule has 0 aliphatic carbocycles. The Hall–Kier alpha value is 1.46. The first-order valence-electron chi connectivity index (χ1n) is 1.22. The number of hydrogen-bond acceptors (Lipinski definition) is 6. The van der Waals surface area contributed by atoms with E-state index in [-0.39, 0.29) is 90.0 Å². The van der Waals surface area contributed by atoms with E-state index in [1.807, 2.05) is 0 Å². The van der Waals surface area contributed by atoms with Gasteiger partial charge in [-0.2, -0.15) is 0 Å². The van der Waals surface area contributed by atoms with Crippen molar-refractivity contribution < 1.29 is 120 Å². The van der Waals surface area contributed by atoms with Gasteiger partial charge >= 0.3 is 90.0 Å². The summed E-state index contributed by atoms with van der Waals surface area (Å²) >= 11 is 0. The van der Waals surface area contributed by atoms with Crippen LogP contribution in [0.4, 0.5) is 9.59 Å². The average Bonchev–Trinajstić information content (AvgIpc) is 1.25. The summed E-state index contributed by atoms with van der Waals surface area (Å²) in [4.78, 5) is 16.7. The first-order valence-corrected chi connectivity index (χ1v) is 1.22. The van der Waals surface area contributed by atoms with Gasteiger partial charge < -0.3 is 30.0 Å². The van der Waals surface area contributed by atoms with Crippen molar-refractivity contribution >= 4 is 12.3 Å². The van der Waals surface area contributed by atoms with E-state index in [4.69, 9.17) is 30.0 Å². The summed E-state index contributed by atoms with van der Waals surface area (Å²) in [7, 11) is 0. The summed E-state index contributed by atoms with van der Waals surface area (Å²) in [6.45, 7) is 0. The minimum atomic E-state index is -2.33. The number of carboxylic acid groups (broad SMARTS) is 4. The summed E-state index contributed by atoms with van der Waals surface area (Å²) in [6, 6.07) is 0. The van der Waals surface area contributed by atoms with Gasteiger partial charge in [0, 0.05) is 0 Å². The van der Waals surface area contributed by atoms with E-state index in [0.29, 0.717) is 0 Å². The summed E-state index contributed by atoms with van der Waals surface area (Å²) in [6.07, 6.45) is -4.67. The number of hydrogen-bond donors (Lipinski definition) is 0. The molecule has 0 aliphatic rings. The van der Waals surface area contributed by atoms with Crippen molar-refractivity contribution in [1.29, 1.82) is 0 Å². The van der Waals surface area contributed by atoms with Gasteiger partial charge in [-0.15, -0.1) is 0 Å². The largest absolute Gasteiger partial charge is 3.00 e. The van der Waals surface area contributed by atoms with Gasteiger partial charge in [0.1, 0.15) is 0 Å². The molecule has 0 aliphatic heterocycles. The van der Waals surface area contributed by atoms with Crippen molar-refractivity contribution in [3.05, 3.63) is 0 Å². The maximum absolute atomic E-state index is 8.33. The fourth-order valence-electron chi connectivity index (χ4n) is 0. The SMILES string of the molecule is O=C([O-])[O-].O=C([O-])[O-].[K+].[Tb+3]. The molecule has 0 heterocycles. The van der Waals surface area contributed by atoms with Gasteiger partial charge in [-0.1, -0.05) is 0 Å². The molecule has 8 heteroatoms. The zero-order valence-corrected chi connectivity index (χ0v) is 10.0. The molecule has 0 spiro atoms. The van der Waals surface area contributed by atoms with Crippen molar-refractivity contribution in [3.63, 3.8) is 0 Å². The van der Waals surface area contributed by atoms with Crippen LogP contribution in [0.2, 0.25) is 0 Å². The Bertz CT molecular complexity index is 73.7. The average molecular weight is 318 g/mol. The van der Waals surface area contributed by atoms with Crippen LogP contribution in [0.3, 0.4) is 0 Å². The van der Waals surface area contributed by atoms with Crippen molar-refractivity contribution in [2.45, 2.75) is 0 Å². The van der Waals surface area contributed by atoms with Crippen LogP contribution in [-0.4, -0.2) is 12.3 Å². The van der Waals surface area contributed by atoms with E-state index < -0.39 is 12.3 Å². The second-order valence-corrected chi connectivity index (χ2v) is 0.500. The number of rotatable bonds is 0.